The van der Waals surface area contributed by atoms with Gasteiger partial charge in [-0.2, -0.15) is 5.10 Å². The smallest absolute Gasteiger partial charge is 0.159 e. The fraction of sp³-hybridized carbons (Fsp3) is 0.375. The summed E-state index contributed by atoms with van der Waals surface area (Å²) in [6.45, 7) is 4.06. The van der Waals surface area contributed by atoms with E-state index in [1.807, 2.05) is 37.4 Å². The molecule has 1 fully saturated rings. The van der Waals surface area contributed by atoms with E-state index in [9.17, 15) is 5.11 Å². The van der Waals surface area contributed by atoms with Gasteiger partial charge in [-0.1, -0.05) is 0 Å². The van der Waals surface area contributed by atoms with Crippen LogP contribution in [0.4, 0.5) is 0 Å². The van der Waals surface area contributed by atoms with Crippen molar-refractivity contribution in [2.24, 2.45) is 0 Å². The van der Waals surface area contributed by atoms with E-state index in [1.165, 1.54) is 0 Å². The molecular formula is C24H27N5O2. The van der Waals surface area contributed by atoms with Crippen LogP contribution in [0.5, 0.6) is 5.75 Å². The summed E-state index contributed by atoms with van der Waals surface area (Å²) in [4.78, 5) is 10.00. The molecular weight excluding hydrogens is 390 g/mol. The van der Waals surface area contributed by atoms with Crippen LogP contribution in [-0.2, 0) is 0 Å². The van der Waals surface area contributed by atoms with Gasteiger partial charge in [0, 0.05) is 36.3 Å². The van der Waals surface area contributed by atoms with Crippen molar-refractivity contribution in [1.82, 2.24) is 24.3 Å². The number of ether oxygens (including phenoxy) is 1. The van der Waals surface area contributed by atoms with Crippen molar-refractivity contribution in [3.05, 3.63) is 54.1 Å². The molecule has 4 aromatic rings. The van der Waals surface area contributed by atoms with Crippen molar-refractivity contribution in [3.63, 3.8) is 0 Å². The van der Waals surface area contributed by atoms with E-state index in [4.69, 9.17) is 14.7 Å². The molecule has 7 heteroatoms. The third kappa shape index (κ3) is 3.49. The fourth-order valence-corrected chi connectivity index (χ4v) is 4.65. The van der Waals surface area contributed by atoms with Crippen LogP contribution in [0.25, 0.3) is 28.1 Å². The first-order valence-electron chi connectivity index (χ1n) is 10.8. The minimum atomic E-state index is -0.234. The van der Waals surface area contributed by atoms with Crippen molar-refractivity contribution in [2.75, 3.05) is 7.11 Å². The van der Waals surface area contributed by atoms with Crippen LogP contribution in [0.2, 0.25) is 0 Å². The molecule has 1 N–H and O–H groups in total. The molecule has 1 aliphatic rings. The van der Waals surface area contributed by atoms with E-state index < -0.39 is 0 Å². The van der Waals surface area contributed by atoms with Gasteiger partial charge >= 0.3 is 0 Å². The van der Waals surface area contributed by atoms with Gasteiger partial charge in [0.05, 0.1) is 30.3 Å². The van der Waals surface area contributed by atoms with Gasteiger partial charge in [-0.05, 0) is 63.3 Å². The summed E-state index contributed by atoms with van der Waals surface area (Å²) in [5.41, 5.74) is 6.40. The molecule has 0 unspecified atom stereocenters. The Morgan fingerprint density at radius 2 is 2.03 bits per heavy atom. The fourth-order valence-electron chi connectivity index (χ4n) is 4.65. The van der Waals surface area contributed by atoms with E-state index >= 15 is 0 Å². The Morgan fingerprint density at radius 1 is 1.16 bits per heavy atom. The molecule has 2 atom stereocenters. The second kappa shape index (κ2) is 7.81. The molecule has 7 nitrogen and oxygen atoms in total. The zero-order chi connectivity index (χ0) is 21.5. The monoisotopic (exact) mass is 417 g/mol. The largest absolute Gasteiger partial charge is 0.496 e. The highest BCUT2D eigenvalue weighted by Gasteiger charge is 2.25. The maximum absolute atomic E-state index is 10.1. The molecule has 3 heterocycles. The van der Waals surface area contributed by atoms with Crippen molar-refractivity contribution >= 4 is 11.2 Å². The van der Waals surface area contributed by atoms with Gasteiger partial charge in [0.15, 0.2) is 5.65 Å². The van der Waals surface area contributed by atoms with Crippen LogP contribution >= 0.6 is 0 Å². The lowest BCUT2D eigenvalue weighted by Gasteiger charge is -2.27. The van der Waals surface area contributed by atoms with Gasteiger partial charge in [0.1, 0.15) is 11.3 Å². The number of aliphatic hydroxyl groups excluding tert-OH is 1. The van der Waals surface area contributed by atoms with Crippen LogP contribution < -0.4 is 4.74 Å². The van der Waals surface area contributed by atoms with Crippen molar-refractivity contribution in [3.8, 4) is 22.7 Å². The Kier molecular flexibility index (Phi) is 4.98. The highest BCUT2D eigenvalue weighted by atomic mass is 16.5. The summed E-state index contributed by atoms with van der Waals surface area (Å²) in [5, 5.41) is 14.4. The highest BCUT2D eigenvalue weighted by molar-refractivity contribution is 5.81. The molecule has 0 amide bonds. The molecule has 1 aromatic carbocycles. The number of hydrogen-bond acceptors (Lipinski definition) is 5. The Balaban J connectivity index is 1.60. The number of fused-ring (bicyclic) bond motifs is 1. The van der Waals surface area contributed by atoms with Crippen LogP contribution in [0, 0.1) is 13.8 Å². The van der Waals surface area contributed by atoms with Crippen LogP contribution in [0.15, 0.2) is 42.9 Å². The van der Waals surface area contributed by atoms with E-state index in [0.29, 0.717) is 0 Å². The van der Waals surface area contributed by atoms with Gasteiger partial charge in [0.2, 0.25) is 0 Å². The summed E-state index contributed by atoms with van der Waals surface area (Å²) in [6.07, 6.45) is 9.31. The predicted molar refractivity (Wildman–Crippen MR) is 120 cm³/mol. The molecule has 31 heavy (non-hydrogen) atoms. The quantitative estimate of drug-likeness (QED) is 0.533. The van der Waals surface area contributed by atoms with Gasteiger partial charge in [-0.25, -0.2) is 14.6 Å². The molecule has 0 spiro atoms. The van der Waals surface area contributed by atoms with Crippen molar-refractivity contribution < 1.29 is 9.84 Å². The molecule has 0 radical (unpaired) electrons. The van der Waals surface area contributed by atoms with Crippen molar-refractivity contribution in [1.29, 1.82) is 0 Å². The molecule has 0 saturated heterocycles. The van der Waals surface area contributed by atoms with E-state index in [2.05, 4.69) is 22.8 Å². The second-order valence-electron chi connectivity index (χ2n) is 8.36. The Labute approximate surface area is 181 Å². The zero-order valence-corrected chi connectivity index (χ0v) is 18.1. The van der Waals surface area contributed by atoms with Crippen LogP contribution in [0.3, 0.4) is 0 Å². The summed E-state index contributed by atoms with van der Waals surface area (Å²) in [5.74, 6) is 0.734. The van der Waals surface area contributed by atoms with Crippen molar-refractivity contribution in [2.45, 2.75) is 51.7 Å². The first-order valence-corrected chi connectivity index (χ1v) is 10.8. The summed E-state index contributed by atoms with van der Waals surface area (Å²) < 4.78 is 9.73. The lowest BCUT2D eigenvalue weighted by Crippen LogP contribution is -2.22. The molecule has 1 aliphatic carbocycles. The number of rotatable bonds is 4. The standard InChI is InChI=1S/C24H27N5O2/c1-15-14-28(17-6-4-7-19(30)12-17)24-22(15)27-23(16(2)26-24)20-9-8-18(13-21(20)31-3)29-11-5-10-25-29/h5,8-11,13-14,17,19,30H,4,6-7,12H2,1-3H3/t17-,19+/m0/s1. The van der Waals surface area contributed by atoms with E-state index in [-0.39, 0.29) is 12.1 Å². The molecule has 5 rings (SSSR count). The first kappa shape index (κ1) is 19.8. The van der Waals surface area contributed by atoms with Gasteiger partial charge in [-0.3, -0.25) is 0 Å². The SMILES string of the molecule is COc1cc(-n2cccn2)ccc1-c1nc2c(C)cn([C@H]3CCC[C@@H](O)C3)c2nc1C. The number of aliphatic hydroxyl groups is 1. The lowest BCUT2D eigenvalue weighted by atomic mass is 9.93. The molecule has 0 bridgehead atoms. The third-order valence-corrected chi connectivity index (χ3v) is 6.22. The number of aromatic nitrogens is 5. The van der Waals surface area contributed by atoms with E-state index in [0.717, 1.165) is 70.8 Å². The molecule has 160 valence electrons. The Bertz CT molecular complexity index is 1230. The molecule has 0 aliphatic heterocycles. The highest BCUT2D eigenvalue weighted by Crippen LogP contribution is 2.36. The minimum Gasteiger partial charge on any atom is -0.496 e. The number of hydrogen-bond donors (Lipinski definition) is 1. The normalized spacial score (nSPS) is 19.1. The zero-order valence-electron chi connectivity index (χ0n) is 18.1. The summed E-state index contributed by atoms with van der Waals surface area (Å²) in [6, 6.07) is 8.15. The predicted octanol–water partition coefficient (Wildman–Crippen LogP) is 4.39. The topological polar surface area (TPSA) is 78.0 Å². The third-order valence-electron chi connectivity index (χ3n) is 6.22. The average molecular weight is 418 g/mol. The number of nitrogens with zero attached hydrogens (tertiary/aromatic N) is 5. The first-order chi connectivity index (χ1) is 15.0. The van der Waals surface area contributed by atoms with Crippen LogP contribution in [0.1, 0.15) is 43.0 Å². The van der Waals surface area contributed by atoms with Crippen LogP contribution in [-0.4, -0.2) is 42.6 Å². The van der Waals surface area contributed by atoms with Gasteiger partial charge < -0.3 is 14.4 Å². The number of methoxy groups -OCH3 is 1. The molecule has 3 aromatic heterocycles. The second-order valence-corrected chi connectivity index (χ2v) is 8.36. The van der Waals surface area contributed by atoms with E-state index in [1.54, 1.807) is 18.0 Å². The Morgan fingerprint density at radius 3 is 2.77 bits per heavy atom. The number of aryl methyl sites for hydroxylation is 2. The minimum absolute atomic E-state index is 0.234. The summed E-state index contributed by atoms with van der Waals surface area (Å²) in [7, 11) is 1.67. The average Bonchev–Trinajstić information content (AvgIpc) is 3.41. The lowest BCUT2D eigenvalue weighted by molar-refractivity contribution is 0.105. The Hall–Kier alpha value is -3.19. The summed E-state index contributed by atoms with van der Waals surface area (Å²) >= 11 is 0. The number of benzene rings is 1. The molecule has 1 saturated carbocycles. The van der Waals surface area contributed by atoms with Gasteiger partial charge in [-0.15, -0.1) is 0 Å². The maximum Gasteiger partial charge on any atom is 0.159 e. The van der Waals surface area contributed by atoms with Gasteiger partial charge in [0.25, 0.3) is 0 Å². The maximum atomic E-state index is 10.1.